The van der Waals surface area contributed by atoms with Crippen LogP contribution in [0.2, 0.25) is 5.02 Å². The Hall–Kier alpha value is 0.200. The van der Waals surface area contributed by atoms with Crippen LogP contribution in [0.25, 0.3) is 0 Å². The Balaban J connectivity index is 2.24. The first-order chi connectivity index (χ1) is 9.52. The summed E-state index contributed by atoms with van der Waals surface area (Å²) in [5.41, 5.74) is 1.38. The average Bonchev–Trinajstić information content (AvgIpc) is 2.42. The van der Waals surface area contributed by atoms with Crippen LogP contribution in [0, 0.1) is 21.3 Å². The molecule has 1 aliphatic carbocycles. The molecule has 0 amide bonds. The summed E-state index contributed by atoms with van der Waals surface area (Å²) in [5.74, 6) is 2.42. The van der Waals surface area contributed by atoms with Gasteiger partial charge in [-0.25, -0.2) is 0 Å². The van der Waals surface area contributed by atoms with E-state index in [9.17, 15) is 0 Å². The van der Waals surface area contributed by atoms with E-state index in [0.717, 1.165) is 29.3 Å². The van der Waals surface area contributed by atoms with E-state index in [2.05, 4.69) is 60.8 Å². The lowest BCUT2D eigenvalue weighted by Gasteiger charge is -2.37. The Morgan fingerprint density at radius 3 is 2.70 bits per heavy atom. The van der Waals surface area contributed by atoms with E-state index >= 15 is 0 Å². The largest absolute Gasteiger partial charge is 0.310 e. The van der Waals surface area contributed by atoms with Gasteiger partial charge < -0.3 is 5.32 Å². The first-order valence-corrected chi connectivity index (χ1v) is 9.17. The maximum atomic E-state index is 6.22. The lowest BCUT2D eigenvalue weighted by Crippen LogP contribution is -2.33. The van der Waals surface area contributed by atoms with Gasteiger partial charge in [-0.2, -0.15) is 0 Å². The van der Waals surface area contributed by atoms with E-state index < -0.39 is 0 Å². The number of hydrogen-bond donors (Lipinski definition) is 1. The normalized spacial score (nSPS) is 28.4. The molecule has 0 heterocycles. The van der Waals surface area contributed by atoms with Gasteiger partial charge in [0.1, 0.15) is 0 Å². The molecule has 4 atom stereocenters. The molecule has 1 saturated carbocycles. The molecule has 4 unspecified atom stereocenters. The summed E-state index contributed by atoms with van der Waals surface area (Å²) in [4.78, 5) is 0. The van der Waals surface area contributed by atoms with Gasteiger partial charge in [0.2, 0.25) is 0 Å². The highest BCUT2D eigenvalue weighted by Gasteiger charge is 2.31. The van der Waals surface area contributed by atoms with Crippen LogP contribution in [0.15, 0.2) is 18.2 Å². The standard InChI is InChI=1S/C17H25ClIN/c1-4-20-17(13-6-5-11(2)12(3)9-13)15-10-14(18)7-8-16(15)19/h7-8,10-13,17,20H,4-6,9H2,1-3H3. The molecular weight excluding hydrogens is 381 g/mol. The third-order valence-electron chi connectivity index (χ3n) is 4.83. The van der Waals surface area contributed by atoms with Crippen LogP contribution >= 0.6 is 34.2 Å². The molecular formula is C17H25ClIN. The third kappa shape index (κ3) is 3.89. The van der Waals surface area contributed by atoms with E-state index in [-0.39, 0.29) is 0 Å². The van der Waals surface area contributed by atoms with Gasteiger partial charge in [0.05, 0.1) is 0 Å². The second kappa shape index (κ2) is 7.46. The monoisotopic (exact) mass is 405 g/mol. The molecule has 1 nitrogen and oxygen atoms in total. The minimum absolute atomic E-state index is 0.445. The van der Waals surface area contributed by atoms with Gasteiger partial charge in [-0.3, -0.25) is 0 Å². The van der Waals surface area contributed by atoms with Gasteiger partial charge in [-0.1, -0.05) is 38.8 Å². The zero-order valence-electron chi connectivity index (χ0n) is 12.6. The highest BCUT2D eigenvalue weighted by atomic mass is 127. The van der Waals surface area contributed by atoms with Crippen molar-refractivity contribution in [3.05, 3.63) is 32.4 Å². The molecule has 1 fully saturated rings. The van der Waals surface area contributed by atoms with E-state index in [0.29, 0.717) is 6.04 Å². The summed E-state index contributed by atoms with van der Waals surface area (Å²) in [7, 11) is 0. The number of benzene rings is 1. The topological polar surface area (TPSA) is 12.0 Å². The Morgan fingerprint density at radius 2 is 2.05 bits per heavy atom. The van der Waals surface area contributed by atoms with Gasteiger partial charge in [-0.05, 0) is 83.5 Å². The Morgan fingerprint density at radius 1 is 1.30 bits per heavy atom. The average molecular weight is 406 g/mol. The summed E-state index contributed by atoms with van der Waals surface area (Å²) >= 11 is 8.66. The number of hydrogen-bond acceptors (Lipinski definition) is 1. The predicted molar refractivity (Wildman–Crippen MR) is 96.3 cm³/mol. The zero-order valence-corrected chi connectivity index (χ0v) is 15.5. The lowest BCUT2D eigenvalue weighted by molar-refractivity contribution is 0.171. The summed E-state index contributed by atoms with van der Waals surface area (Å²) in [6.07, 6.45) is 4.00. The van der Waals surface area contributed by atoms with Crippen LogP contribution in [0.4, 0.5) is 0 Å². The molecule has 3 heteroatoms. The predicted octanol–water partition coefficient (Wildman–Crippen LogP) is 5.67. The summed E-state index contributed by atoms with van der Waals surface area (Å²) < 4.78 is 1.32. The summed E-state index contributed by atoms with van der Waals surface area (Å²) in [6, 6.07) is 6.72. The minimum atomic E-state index is 0.445. The SMILES string of the molecule is CCNC(c1cc(Cl)ccc1I)C1CCC(C)C(C)C1. The van der Waals surface area contributed by atoms with Crippen molar-refractivity contribution in [2.24, 2.45) is 17.8 Å². The van der Waals surface area contributed by atoms with Crippen molar-refractivity contribution >= 4 is 34.2 Å². The molecule has 1 N–H and O–H groups in total. The van der Waals surface area contributed by atoms with Crippen LogP contribution in [0.5, 0.6) is 0 Å². The smallest absolute Gasteiger partial charge is 0.0410 e. The highest BCUT2D eigenvalue weighted by molar-refractivity contribution is 14.1. The van der Waals surface area contributed by atoms with Gasteiger partial charge in [-0.15, -0.1) is 0 Å². The van der Waals surface area contributed by atoms with Crippen LogP contribution in [-0.4, -0.2) is 6.54 Å². The van der Waals surface area contributed by atoms with Gasteiger partial charge >= 0.3 is 0 Å². The molecule has 1 aliphatic rings. The van der Waals surface area contributed by atoms with Crippen molar-refractivity contribution in [1.29, 1.82) is 0 Å². The quantitative estimate of drug-likeness (QED) is 0.637. The molecule has 0 spiro atoms. The molecule has 1 aromatic rings. The molecule has 1 aromatic carbocycles. The van der Waals surface area contributed by atoms with Crippen molar-refractivity contribution in [2.75, 3.05) is 6.54 Å². The second-order valence-corrected chi connectivity index (χ2v) is 7.83. The third-order valence-corrected chi connectivity index (χ3v) is 6.04. The van der Waals surface area contributed by atoms with Gasteiger partial charge in [0.25, 0.3) is 0 Å². The first kappa shape index (κ1) is 16.6. The molecule has 0 aliphatic heterocycles. The molecule has 0 bridgehead atoms. The van der Waals surface area contributed by atoms with E-state index in [1.54, 1.807) is 0 Å². The molecule has 112 valence electrons. The maximum Gasteiger partial charge on any atom is 0.0410 e. The van der Waals surface area contributed by atoms with Crippen molar-refractivity contribution in [3.8, 4) is 0 Å². The first-order valence-electron chi connectivity index (χ1n) is 7.71. The molecule has 20 heavy (non-hydrogen) atoms. The molecule has 0 saturated heterocycles. The van der Waals surface area contributed by atoms with Crippen molar-refractivity contribution in [1.82, 2.24) is 5.32 Å². The van der Waals surface area contributed by atoms with Crippen LogP contribution in [-0.2, 0) is 0 Å². The molecule has 0 aromatic heterocycles. The fourth-order valence-electron chi connectivity index (χ4n) is 3.40. The van der Waals surface area contributed by atoms with E-state index in [1.165, 1.54) is 28.4 Å². The van der Waals surface area contributed by atoms with Crippen molar-refractivity contribution in [2.45, 2.75) is 46.1 Å². The number of rotatable bonds is 4. The fraction of sp³-hybridized carbons (Fsp3) is 0.647. The Labute approximate surface area is 142 Å². The maximum absolute atomic E-state index is 6.22. The fourth-order valence-corrected chi connectivity index (χ4v) is 4.25. The van der Waals surface area contributed by atoms with Crippen molar-refractivity contribution in [3.63, 3.8) is 0 Å². The second-order valence-electron chi connectivity index (χ2n) is 6.23. The summed E-state index contributed by atoms with van der Waals surface area (Å²) in [5, 5.41) is 4.56. The number of nitrogens with one attached hydrogen (secondary N) is 1. The highest BCUT2D eigenvalue weighted by Crippen LogP contribution is 2.41. The Bertz CT molecular complexity index is 449. The molecule has 2 rings (SSSR count). The van der Waals surface area contributed by atoms with E-state index in [1.807, 2.05) is 6.07 Å². The lowest BCUT2D eigenvalue weighted by atomic mass is 9.72. The van der Waals surface area contributed by atoms with Crippen LogP contribution < -0.4 is 5.32 Å². The van der Waals surface area contributed by atoms with Gasteiger partial charge in [0, 0.05) is 14.6 Å². The minimum Gasteiger partial charge on any atom is -0.310 e. The zero-order chi connectivity index (χ0) is 14.7. The molecule has 0 radical (unpaired) electrons. The van der Waals surface area contributed by atoms with Crippen LogP contribution in [0.3, 0.4) is 0 Å². The van der Waals surface area contributed by atoms with Crippen LogP contribution in [0.1, 0.15) is 51.6 Å². The summed E-state index contributed by atoms with van der Waals surface area (Å²) in [6.45, 7) is 8.00. The van der Waals surface area contributed by atoms with E-state index in [4.69, 9.17) is 11.6 Å². The van der Waals surface area contributed by atoms with Gasteiger partial charge in [0.15, 0.2) is 0 Å². The van der Waals surface area contributed by atoms with Crippen molar-refractivity contribution < 1.29 is 0 Å². The number of halogens is 2. The Kier molecular flexibility index (Phi) is 6.18.